The predicted octanol–water partition coefficient (Wildman–Crippen LogP) is 3.53. The van der Waals surface area contributed by atoms with E-state index in [0.717, 1.165) is 11.1 Å². The standard InChI is InChI=1S/C14H11ClN2O/c15-10-6-7-11-12(8-10)18-14(17-11)13(16)9-4-2-1-3-5-9/h1-8,13H,16H2. The van der Waals surface area contributed by atoms with E-state index in [1.807, 2.05) is 36.4 Å². The van der Waals surface area contributed by atoms with E-state index >= 15 is 0 Å². The Labute approximate surface area is 109 Å². The number of nitrogens with two attached hydrogens (primary N) is 1. The van der Waals surface area contributed by atoms with Crippen LogP contribution in [0.15, 0.2) is 52.9 Å². The van der Waals surface area contributed by atoms with Gasteiger partial charge in [0.1, 0.15) is 11.6 Å². The van der Waals surface area contributed by atoms with Crippen LogP contribution >= 0.6 is 11.6 Å². The van der Waals surface area contributed by atoms with E-state index in [0.29, 0.717) is 16.5 Å². The highest BCUT2D eigenvalue weighted by Crippen LogP contribution is 2.25. The summed E-state index contributed by atoms with van der Waals surface area (Å²) in [6, 6.07) is 14.7. The van der Waals surface area contributed by atoms with E-state index < -0.39 is 0 Å². The summed E-state index contributed by atoms with van der Waals surface area (Å²) in [7, 11) is 0. The van der Waals surface area contributed by atoms with Gasteiger partial charge in [-0.2, -0.15) is 0 Å². The second-order valence-electron chi connectivity index (χ2n) is 4.05. The van der Waals surface area contributed by atoms with Gasteiger partial charge < -0.3 is 10.2 Å². The van der Waals surface area contributed by atoms with E-state index in [2.05, 4.69) is 4.98 Å². The smallest absolute Gasteiger partial charge is 0.217 e. The number of hydrogen-bond acceptors (Lipinski definition) is 3. The number of halogens is 1. The molecule has 0 saturated carbocycles. The van der Waals surface area contributed by atoms with Crippen molar-refractivity contribution in [1.29, 1.82) is 0 Å². The molecule has 1 aromatic heterocycles. The Morgan fingerprint density at radius 3 is 2.67 bits per heavy atom. The molecule has 0 spiro atoms. The minimum absolute atomic E-state index is 0.364. The first-order valence-corrected chi connectivity index (χ1v) is 5.98. The van der Waals surface area contributed by atoms with Crippen molar-refractivity contribution in [3.05, 3.63) is 65.0 Å². The molecule has 0 aliphatic heterocycles. The van der Waals surface area contributed by atoms with E-state index in [4.69, 9.17) is 21.8 Å². The molecule has 1 heterocycles. The molecule has 1 atom stereocenters. The Morgan fingerprint density at radius 1 is 1.11 bits per heavy atom. The van der Waals surface area contributed by atoms with Crippen molar-refractivity contribution in [2.24, 2.45) is 5.73 Å². The van der Waals surface area contributed by atoms with Gasteiger partial charge in [-0.15, -0.1) is 0 Å². The third kappa shape index (κ3) is 1.98. The molecule has 3 nitrogen and oxygen atoms in total. The van der Waals surface area contributed by atoms with Gasteiger partial charge in [-0.05, 0) is 17.7 Å². The maximum absolute atomic E-state index is 6.13. The van der Waals surface area contributed by atoms with Gasteiger partial charge in [0.15, 0.2) is 5.58 Å². The van der Waals surface area contributed by atoms with E-state index in [-0.39, 0.29) is 6.04 Å². The summed E-state index contributed by atoms with van der Waals surface area (Å²) in [6.07, 6.45) is 0. The molecule has 2 N–H and O–H groups in total. The summed E-state index contributed by atoms with van der Waals surface area (Å²) in [5.41, 5.74) is 8.52. The van der Waals surface area contributed by atoms with Gasteiger partial charge in [0.05, 0.1) is 0 Å². The maximum atomic E-state index is 6.13. The fourth-order valence-corrected chi connectivity index (χ4v) is 2.01. The first-order chi connectivity index (χ1) is 8.74. The van der Waals surface area contributed by atoms with Gasteiger partial charge in [-0.1, -0.05) is 41.9 Å². The molecule has 90 valence electrons. The first kappa shape index (κ1) is 11.3. The molecule has 0 radical (unpaired) electrons. The number of fused-ring (bicyclic) bond motifs is 1. The molecule has 2 aromatic carbocycles. The van der Waals surface area contributed by atoms with Crippen molar-refractivity contribution in [3.63, 3.8) is 0 Å². The van der Waals surface area contributed by atoms with Crippen LogP contribution in [0.1, 0.15) is 17.5 Å². The molecule has 1 unspecified atom stereocenters. The molecule has 0 aliphatic carbocycles. The van der Waals surface area contributed by atoms with Crippen molar-refractivity contribution in [2.75, 3.05) is 0 Å². The summed E-state index contributed by atoms with van der Waals surface area (Å²) in [5.74, 6) is 0.499. The fraction of sp³-hybridized carbons (Fsp3) is 0.0714. The number of rotatable bonds is 2. The average Bonchev–Trinajstić information content (AvgIpc) is 2.81. The molecule has 0 amide bonds. The molecule has 3 rings (SSSR count). The van der Waals surface area contributed by atoms with Crippen LogP contribution in [0.3, 0.4) is 0 Å². The van der Waals surface area contributed by atoms with Gasteiger partial charge in [0, 0.05) is 11.1 Å². The van der Waals surface area contributed by atoms with Gasteiger partial charge in [-0.3, -0.25) is 0 Å². The number of oxazole rings is 1. The summed E-state index contributed by atoms with van der Waals surface area (Å²) in [6.45, 7) is 0. The molecule has 0 bridgehead atoms. The zero-order valence-electron chi connectivity index (χ0n) is 9.51. The van der Waals surface area contributed by atoms with Gasteiger partial charge in [-0.25, -0.2) is 4.98 Å². The monoisotopic (exact) mass is 258 g/mol. The van der Waals surface area contributed by atoms with Gasteiger partial charge >= 0.3 is 0 Å². The first-order valence-electron chi connectivity index (χ1n) is 5.60. The second-order valence-corrected chi connectivity index (χ2v) is 4.49. The Balaban J connectivity index is 2.04. The molecule has 0 fully saturated rings. The highest BCUT2D eigenvalue weighted by Gasteiger charge is 2.15. The Kier molecular flexibility index (Phi) is 2.78. The summed E-state index contributed by atoms with van der Waals surface area (Å²) >= 11 is 5.91. The third-order valence-electron chi connectivity index (χ3n) is 2.79. The molecule has 3 aromatic rings. The lowest BCUT2D eigenvalue weighted by molar-refractivity contribution is 0.505. The van der Waals surface area contributed by atoms with Crippen molar-refractivity contribution >= 4 is 22.7 Å². The average molecular weight is 259 g/mol. The van der Waals surface area contributed by atoms with Crippen LogP contribution in [0.2, 0.25) is 5.02 Å². The number of hydrogen-bond donors (Lipinski definition) is 1. The Bertz CT molecular complexity index is 679. The molecule has 0 saturated heterocycles. The van der Waals surface area contributed by atoms with Crippen molar-refractivity contribution in [1.82, 2.24) is 4.98 Å². The zero-order chi connectivity index (χ0) is 12.5. The third-order valence-corrected chi connectivity index (χ3v) is 3.03. The normalized spacial score (nSPS) is 12.8. The lowest BCUT2D eigenvalue weighted by atomic mass is 10.1. The number of aromatic nitrogens is 1. The highest BCUT2D eigenvalue weighted by molar-refractivity contribution is 6.31. The van der Waals surface area contributed by atoms with Crippen LogP contribution in [-0.4, -0.2) is 4.98 Å². The number of nitrogens with zero attached hydrogens (tertiary/aromatic N) is 1. The minimum Gasteiger partial charge on any atom is -0.439 e. The minimum atomic E-state index is -0.364. The van der Waals surface area contributed by atoms with Crippen molar-refractivity contribution < 1.29 is 4.42 Å². The Morgan fingerprint density at radius 2 is 1.89 bits per heavy atom. The molecular weight excluding hydrogens is 248 g/mol. The maximum Gasteiger partial charge on any atom is 0.217 e. The van der Waals surface area contributed by atoms with Gasteiger partial charge in [0.2, 0.25) is 5.89 Å². The lowest BCUT2D eigenvalue weighted by Crippen LogP contribution is -2.11. The van der Waals surface area contributed by atoms with Crippen LogP contribution in [-0.2, 0) is 0 Å². The van der Waals surface area contributed by atoms with Crippen LogP contribution in [0.4, 0.5) is 0 Å². The lowest BCUT2D eigenvalue weighted by Gasteiger charge is -2.06. The highest BCUT2D eigenvalue weighted by atomic mass is 35.5. The van der Waals surface area contributed by atoms with E-state index in [1.54, 1.807) is 12.1 Å². The number of benzene rings is 2. The largest absolute Gasteiger partial charge is 0.439 e. The topological polar surface area (TPSA) is 52.0 Å². The van der Waals surface area contributed by atoms with Crippen molar-refractivity contribution in [3.8, 4) is 0 Å². The quantitative estimate of drug-likeness (QED) is 0.765. The van der Waals surface area contributed by atoms with Crippen LogP contribution < -0.4 is 5.73 Å². The summed E-state index contributed by atoms with van der Waals surface area (Å²) < 4.78 is 5.64. The molecular formula is C14H11ClN2O. The summed E-state index contributed by atoms with van der Waals surface area (Å²) in [4.78, 5) is 4.38. The SMILES string of the molecule is NC(c1ccccc1)c1nc2ccc(Cl)cc2o1. The van der Waals surface area contributed by atoms with Crippen LogP contribution in [0.25, 0.3) is 11.1 Å². The van der Waals surface area contributed by atoms with E-state index in [9.17, 15) is 0 Å². The molecule has 4 heteroatoms. The fourth-order valence-electron chi connectivity index (χ4n) is 1.85. The van der Waals surface area contributed by atoms with Crippen LogP contribution in [0.5, 0.6) is 0 Å². The molecule has 0 aliphatic rings. The second kappa shape index (κ2) is 4.44. The van der Waals surface area contributed by atoms with Crippen molar-refractivity contribution in [2.45, 2.75) is 6.04 Å². The Hall–Kier alpha value is -1.84. The molecule has 18 heavy (non-hydrogen) atoms. The summed E-state index contributed by atoms with van der Waals surface area (Å²) in [5, 5.41) is 0.624. The van der Waals surface area contributed by atoms with E-state index in [1.165, 1.54) is 0 Å². The van der Waals surface area contributed by atoms with Crippen LogP contribution in [0, 0.1) is 0 Å². The van der Waals surface area contributed by atoms with Gasteiger partial charge in [0.25, 0.3) is 0 Å². The zero-order valence-corrected chi connectivity index (χ0v) is 10.3. The predicted molar refractivity (Wildman–Crippen MR) is 71.5 cm³/mol.